The first-order valence-electron chi connectivity index (χ1n) is 4.37. The van der Waals surface area contributed by atoms with Crippen LogP contribution in [0.1, 0.15) is 15.9 Å². The molecule has 1 aromatic rings. The lowest BCUT2D eigenvalue weighted by atomic mass is 10.1. The first kappa shape index (κ1) is 11.0. The predicted octanol–water partition coefficient (Wildman–Crippen LogP) is 1.44. The Bertz CT molecular complexity index is 402. The lowest BCUT2D eigenvalue weighted by Crippen LogP contribution is -2.24. The summed E-state index contributed by atoms with van der Waals surface area (Å²) >= 11 is 0. The lowest BCUT2D eigenvalue weighted by Gasteiger charge is -2.06. The molecule has 5 nitrogen and oxygen atoms in total. The third kappa shape index (κ3) is 2.70. The van der Waals surface area contributed by atoms with Gasteiger partial charge in [0.15, 0.2) is 0 Å². The number of carbonyl (C=O) groups excluding carboxylic acids is 1. The zero-order valence-electron chi connectivity index (χ0n) is 8.50. The van der Waals surface area contributed by atoms with Gasteiger partial charge in [0, 0.05) is 12.7 Å². The fraction of sp³-hybridized carbons (Fsp3) is 0.200. The Labute approximate surface area is 87.1 Å². The van der Waals surface area contributed by atoms with Crippen LogP contribution in [0.25, 0.3) is 0 Å². The minimum Gasteiger partial charge on any atom is -0.478 e. The van der Waals surface area contributed by atoms with E-state index in [1.807, 2.05) is 0 Å². The molecule has 80 valence electrons. The van der Waals surface area contributed by atoms with E-state index in [2.05, 4.69) is 10.6 Å². The molecule has 0 saturated heterocycles. The molecular weight excluding hydrogens is 196 g/mol. The highest BCUT2D eigenvalue weighted by molar-refractivity contribution is 5.92. The van der Waals surface area contributed by atoms with Crippen LogP contribution in [0.2, 0.25) is 0 Å². The van der Waals surface area contributed by atoms with E-state index in [0.29, 0.717) is 11.3 Å². The van der Waals surface area contributed by atoms with Gasteiger partial charge in [-0.05, 0) is 30.7 Å². The topological polar surface area (TPSA) is 78.4 Å². The maximum atomic E-state index is 11.0. The standard InChI is InChI=1S/C10H12N2O3/c1-6-5-7(12-10(15)11-2)3-4-8(6)9(13)14/h3-5H,1-2H3,(H,13,14)(H2,11,12,15). The second-order valence-electron chi connectivity index (χ2n) is 3.04. The van der Waals surface area contributed by atoms with Crippen molar-refractivity contribution in [3.05, 3.63) is 29.3 Å². The van der Waals surface area contributed by atoms with Gasteiger partial charge in [-0.25, -0.2) is 9.59 Å². The number of hydrogen-bond donors (Lipinski definition) is 3. The van der Waals surface area contributed by atoms with E-state index in [-0.39, 0.29) is 11.6 Å². The second kappa shape index (κ2) is 4.45. The van der Waals surface area contributed by atoms with Gasteiger partial charge in [0.1, 0.15) is 0 Å². The molecule has 0 fully saturated rings. The smallest absolute Gasteiger partial charge is 0.335 e. The molecule has 0 heterocycles. The molecule has 0 aliphatic carbocycles. The van der Waals surface area contributed by atoms with Crippen molar-refractivity contribution in [3.63, 3.8) is 0 Å². The van der Waals surface area contributed by atoms with Crippen LogP contribution in [0.4, 0.5) is 10.5 Å². The molecule has 0 unspecified atom stereocenters. The van der Waals surface area contributed by atoms with Crippen LogP contribution < -0.4 is 10.6 Å². The number of carboxylic acid groups (broad SMARTS) is 1. The molecule has 0 saturated carbocycles. The zero-order chi connectivity index (χ0) is 11.4. The van der Waals surface area contributed by atoms with E-state index < -0.39 is 5.97 Å². The number of hydrogen-bond acceptors (Lipinski definition) is 2. The third-order valence-corrected chi connectivity index (χ3v) is 1.94. The average molecular weight is 208 g/mol. The highest BCUT2D eigenvalue weighted by atomic mass is 16.4. The Balaban J connectivity index is 2.91. The molecule has 0 atom stereocenters. The SMILES string of the molecule is CNC(=O)Nc1ccc(C(=O)O)c(C)c1. The van der Waals surface area contributed by atoms with Gasteiger partial charge in [0.2, 0.25) is 0 Å². The molecule has 15 heavy (non-hydrogen) atoms. The second-order valence-corrected chi connectivity index (χ2v) is 3.04. The van der Waals surface area contributed by atoms with Gasteiger partial charge in [-0.2, -0.15) is 0 Å². The van der Waals surface area contributed by atoms with E-state index in [9.17, 15) is 9.59 Å². The molecule has 0 bridgehead atoms. The molecule has 2 amide bonds. The van der Waals surface area contributed by atoms with E-state index in [1.54, 1.807) is 19.1 Å². The Kier molecular flexibility index (Phi) is 3.28. The van der Waals surface area contributed by atoms with Crippen molar-refractivity contribution in [2.24, 2.45) is 0 Å². The maximum Gasteiger partial charge on any atom is 0.335 e. The number of carboxylic acids is 1. The normalized spacial score (nSPS) is 9.47. The molecule has 0 radical (unpaired) electrons. The van der Waals surface area contributed by atoms with Gasteiger partial charge >= 0.3 is 12.0 Å². The summed E-state index contributed by atoms with van der Waals surface area (Å²) in [7, 11) is 1.51. The number of urea groups is 1. The number of carbonyl (C=O) groups is 2. The predicted molar refractivity (Wildman–Crippen MR) is 56.2 cm³/mol. The van der Waals surface area contributed by atoms with E-state index >= 15 is 0 Å². The number of aryl methyl sites for hydroxylation is 1. The lowest BCUT2D eigenvalue weighted by molar-refractivity contribution is 0.0696. The summed E-state index contributed by atoms with van der Waals surface area (Å²) in [5.74, 6) is -0.973. The van der Waals surface area contributed by atoms with Crippen LogP contribution in [0.3, 0.4) is 0 Å². The molecular formula is C10H12N2O3. The van der Waals surface area contributed by atoms with Gasteiger partial charge in [-0.3, -0.25) is 0 Å². The van der Waals surface area contributed by atoms with E-state index in [0.717, 1.165) is 0 Å². The van der Waals surface area contributed by atoms with Crippen molar-refractivity contribution >= 4 is 17.7 Å². The Morgan fingerprint density at radius 3 is 2.47 bits per heavy atom. The molecule has 3 N–H and O–H groups in total. The van der Waals surface area contributed by atoms with Gasteiger partial charge in [0.25, 0.3) is 0 Å². The zero-order valence-corrected chi connectivity index (χ0v) is 8.50. The van der Waals surface area contributed by atoms with Crippen molar-refractivity contribution in [1.82, 2.24) is 5.32 Å². The minimum absolute atomic E-state index is 0.234. The number of benzene rings is 1. The van der Waals surface area contributed by atoms with Gasteiger partial charge in [0.05, 0.1) is 5.56 Å². The van der Waals surface area contributed by atoms with Crippen LogP contribution in [-0.4, -0.2) is 24.2 Å². The molecule has 1 rings (SSSR count). The van der Waals surface area contributed by atoms with Crippen molar-refractivity contribution in [3.8, 4) is 0 Å². The molecule has 0 aliphatic heterocycles. The number of amides is 2. The monoisotopic (exact) mass is 208 g/mol. The number of nitrogens with one attached hydrogen (secondary N) is 2. The van der Waals surface area contributed by atoms with Gasteiger partial charge in [-0.15, -0.1) is 0 Å². The summed E-state index contributed by atoms with van der Waals surface area (Å²) in [6.45, 7) is 1.68. The molecule has 0 aromatic heterocycles. The van der Waals surface area contributed by atoms with Crippen molar-refractivity contribution in [2.45, 2.75) is 6.92 Å². The Hall–Kier alpha value is -2.04. The number of anilines is 1. The van der Waals surface area contributed by atoms with Crippen molar-refractivity contribution < 1.29 is 14.7 Å². The fourth-order valence-electron chi connectivity index (χ4n) is 1.17. The molecule has 1 aromatic carbocycles. The van der Waals surface area contributed by atoms with Crippen LogP contribution >= 0.6 is 0 Å². The van der Waals surface area contributed by atoms with Gasteiger partial charge < -0.3 is 15.7 Å². The Morgan fingerprint density at radius 1 is 1.33 bits per heavy atom. The summed E-state index contributed by atoms with van der Waals surface area (Å²) in [6.07, 6.45) is 0. The van der Waals surface area contributed by atoms with Crippen LogP contribution in [0, 0.1) is 6.92 Å². The number of aromatic carboxylic acids is 1. The summed E-state index contributed by atoms with van der Waals surface area (Å²) in [5.41, 5.74) is 1.41. The van der Waals surface area contributed by atoms with Crippen LogP contribution in [0.15, 0.2) is 18.2 Å². The van der Waals surface area contributed by atoms with Crippen molar-refractivity contribution in [1.29, 1.82) is 0 Å². The van der Waals surface area contributed by atoms with Crippen LogP contribution in [0.5, 0.6) is 0 Å². The largest absolute Gasteiger partial charge is 0.478 e. The van der Waals surface area contributed by atoms with E-state index in [4.69, 9.17) is 5.11 Å². The van der Waals surface area contributed by atoms with E-state index in [1.165, 1.54) is 13.1 Å². The number of rotatable bonds is 2. The highest BCUT2D eigenvalue weighted by Crippen LogP contribution is 2.14. The minimum atomic E-state index is -0.973. The fourth-order valence-corrected chi connectivity index (χ4v) is 1.17. The maximum absolute atomic E-state index is 11.0. The Morgan fingerprint density at radius 2 is 2.00 bits per heavy atom. The van der Waals surface area contributed by atoms with Crippen molar-refractivity contribution in [2.75, 3.05) is 12.4 Å². The summed E-state index contributed by atoms with van der Waals surface area (Å²) in [5, 5.41) is 13.7. The summed E-state index contributed by atoms with van der Waals surface area (Å²) in [4.78, 5) is 21.7. The van der Waals surface area contributed by atoms with Gasteiger partial charge in [-0.1, -0.05) is 0 Å². The summed E-state index contributed by atoms with van der Waals surface area (Å²) < 4.78 is 0. The third-order valence-electron chi connectivity index (χ3n) is 1.94. The molecule has 0 spiro atoms. The first-order chi connectivity index (χ1) is 7.04. The highest BCUT2D eigenvalue weighted by Gasteiger charge is 2.07. The first-order valence-corrected chi connectivity index (χ1v) is 4.37. The molecule has 0 aliphatic rings. The van der Waals surface area contributed by atoms with Crippen LogP contribution in [-0.2, 0) is 0 Å². The average Bonchev–Trinajstić information content (AvgIpc) is 2.17. The summed E-state index contributed by atoms with van der Waals surface area (Å²) in [6, 6.07) is 4.28. The quantitative estimate of drug-likeness (QED) is 0.688. The molecule has 5 heteroatoms.